The number of allylic oxidation sites excluding steroid dienone is 4. The molecule has 0 fully saturated rings. The van der Waals surface area contributed by atoms with Crippen LogP contribution >= 0.6 is 0 Å². The van der Waals surface area contributed by atoms with Crippen LogP contribution in [0.25, 0.3) is 0 Å². The molecule has 1 aliphatic carbocycles. The fraction of sp³-hybridized carbons (Fsp3) is 0.190. The highest BCUT2D eigenvalue weighted by molar-refractivity contribution is 6.11. The van der Waals surface area contributed by atoms with Gasteiger partial charge in [0.25, 0.3) is 0 Å². The van der Waals surface area contributed by atoms with Crippen LogP contribution in [0, 0.1) is 17.7 Å². The maximum absolute atomic E-state index is 11.0. The summed E-state index contributed by atoms with van der Waals surface area (Å²) in [5.41, 5.74) is 9.78. The first kappa shape index (κ1) is 18.2. The quantitative estimate of drug-likeness (QED) is 0.356. The van der Waals surface area contributed by atoms with E-state index in [-0.39, 0.29) is 11.5 Å². The minimum Gasteiger partial charge on any atom is -0.325 e. The van der Waals surface area contributed by atoms with Crippen molar-refractivity contribution in [1.82, 2.24) is 0 Å². The van der Waals surface area contributed by atoms with Crippen molar-refractivity contribution in [3.63, 3.8) is 0 Å². The summed E-state index contributed by atoms with van der Waals surface area (Å²) >= 11 is 0. The Kier molecular flexibility index (Phi) is 5.86. The molecule has 0 radical (unpaired) electrons. The maximum atomic E-state index is 11.0. The molecule has 0 spiro atoms. The molecule has 0 saturated carbocycles. The number of carbonyl (C=O) groups excluding carboxylic acids is 1. The third-order valence-electron chi connectivity index (χ3n) is 3.73. The molecule has 4 heteroatoms. The van der Waals surface area contributed by atoms with E-state index >= 15 is 0 Å². The van der Waals surface area contributed by atoms with Crippen molar-refractivity contribution in [2.75, 3.05) is 11.4 Å². The summed E-state index contributed by atoms with van der Waals surface area (Å²) in [5, 5.41) is 16.2. The number of carbonyl (C=O) groups is 1. The van der Waals surface area contributed by atoms with Gasteiger partial charge in [-0.3, -0.25) is 10.2 Å². The zero-order chi connectivity index (χ0) is 18.4. The molecule has 1 aromatic rings. The monoisotopic (exact) mass is 331 g/mol. The van der Waals surface area contributed by atoms with E-state index in [4.69, 9.17) is 10.8 Å². The summed E-state index contributed by atoms with van der Waals surface area (Å²) in [6, 6.07) is 7.92. The van der Waals surface area contributed by atoms with Crippen molar-refractivity contribution in [1.29, 1.82) is 10.8 Å². The number of anilines is 1. The van der Waals surface area contributed by atoms with Crippen molar-refractivity contribution >= 4 is 23.0 Å². The third-order valence-corrected chi connectivity index (χ3v) is 3.73. The molecule has 0 aliphatic heterocycles. The summed E-state index contributed by atoms with van der Waals surface area (Å²) in [6.45, 7) is 5.68. The number of hydrogen-bond donors (Lipinski definition) is 2. The summed E-state index contributed by atoms with van der Waals surface area (Å²) in [6.07, 6.45) is 6.37. The zero-order valence-electron chi connectivity index (χ0n) is 14.7. The van der Waals surface area contributed by atoms with E-state index in [1.807, 2.05) is 42.2 Å². The summed E-state index contributed by atoms with van der Waals surface area (Å²) in [5.74, 6) is 0.335. The maximum Gasteiger partial charge on any atom is 0.152 e. The van der Waals surface area contributed by atoms with Gasteiger partial charge in [-0.1, -0.05) is 29.7 Å². The molecule has 4 nitrogen and oxygen atoms in total. The molecule has 0 heterocycles. The molecule has 0 unspecified atom stereocenters. The van der Waals surface area contributed by atoms with Gasteiger partial charge in [0.15, 0.2) is 5.78 Å². The van der Waals surface area contributed by atoms with Crippen LogP contribution in [-0.2, 0) is 4.79 Å². The summed E-state index contributed by atoms with van der Waals surface area (Å²) in [4.78, 5) is 12.9. The van der Waals surface area contributed by atoms with Crippen molar-refractivity contribution < 1.29 is 4.79 Å². The summed E-state index contributed by atoms with van der Waals surface area (Å²) in [7, 11) is 0. The molecule has 0 amide bonds. The van der Waals surface area contributed by atoms with Crippen LogP contribution in [0.15, 0.2) is 71.2 Å². The lowest BCUT2D eigenvalue weighted by molar-refractivity contribution is -0.112. The van der Waals surface area contributed by atoms with Crippen molar-refractivity contribution in [3.05, 3.63) is 76.7 Å². The van der Waals surface area contributed by atoms with E-state index in [2.05, 4.69) is 11.5 Å². The van der Waals surface area contributed by atoms with E-state index in [0.717, 1.165) is 16.8 Å². The van der Waals surface area contributed by atoms with Gasteiger partial charge in [-0.05, 0) is 56.7 Å². The van der Waals surface area contributed by atoms with E-state index in [1.165, 1.54) is 19.1 Å². The van der Waals surface area contributed by atoms with Gasteiger partial charge >= 0.3 is 0 Å². The fourth-order valence-electron chi connectivity index (χ4n) is 2.43. The number of ketones is 1. The average molecular weight is 331 g/mol. The Morgan fingerprint density at radius 1 is 1.20 bits per heavy atom. The third kappa shape index (κ3) is 4.89. The summed E-state index contributed by atoms with van der Waals surface area (Å²) < 4.78 is 0. The van der Waals surface area contributed by atoms with Crippen molar-refractivity contribution in [2.45, 2.75) is 20.8 Å². The molecular formula is C21H21N3O. The predicted octanol–water partition coefficient (Wildman–Crippen LogP) is 4.14. The zero-order valence-corrected chi connectivity index (χ0v) is 14.7. The van der Waals surface area contributed by atoms with E-state index in [1.54, 1.807) is 13.0 Å². The molecule has 2 rings (SSSR count). The Balaban J connectivity index is 2.26. The molecule has 0 saturated heterocycles. The van der Waals surface area contributed by atoms with Crippen LogP contribution in [0.4, 0.5) is 5.69 Å². The molecule has 0 aromatic heterocycles. The Morgan fingerprint density at radius 3 is 2.56 bits per heavy atom. The van der Waals surface area contributed by atoms with Gasteiger partial charge in [0.1, 0.15) is 0 Å². The molecule has 1 aromatic carbocycles. The normalized spacial score (nSPS) is 12.8. The molecule has 0 bridgehead atoms. The van der Waals surface area contributed by atoms with Gasteiger partial charge in [0.05, 0.1) is 18.1 Å². The Bertz CT molecular complexity index is 889. The number of aryl methyl sites for hydroxylation is 1. The molecule has 0 atom stereocenters. The topological polar surface area (TPSA) is 68.0 Å². The van der Waals surface area contributed by atoms with Gasteiger partial charge in [-0.15, -0.1) is 0 Å². The lowest BCUT2D eigenvalue weighted by Gasteiger charge is -2.25. The second kappa shape index (κ2) is 8.07. The van der Waals surface area contributed by atoms with Crippen LogP contribution < -0.4 is 4.90 Å². The van der Waals surface area contributed by atoms with Crippen LogP contribution in [0.2, 0.25) is 0 Å². The molecule has 2 N–H and O–H groups in total. The van der Waals surface area contributed by atoms with Gasteiger partial charge in [-0.25, -0.2) is 0 Å². The lowest BCUT2D eigenvalue weighted by Crippen LogP contribution is -2.30. The highest BCUT2D eigenvalue weighted by atomic mass is 16.1. The number of rotatable bonds is 6. The van der Waals surface area contributed by atoms with E-state index in [0.29, 0.717) is 18.0 Å². The number of amidine groups is 1. The van der Waals surface area contributed by atoms with Crippen molar-refractivity contribution in [3.8, 4) is 0 Å². The number of nitrogens with one attached hydrogen (secondary N) is 2. The van der Waals surface area contributed by atoms with Gasteiger partial charge in [-0.2, -0.15) is 0 Å². The lowest BCUT2D eigenvalue weighted by atomic mass is 10.0. The van der Waals surface area contributed by atoms with Gasteiger partial charge in [0, 0.05) is 16.8 Å². The Hall–Kier alpha value is -3.19. The van der Waals surface area contributed by atoms with Crippen LogP contribution in [0.3, 0.4) is 0 Å². The first-order valence-corrected chi connectivity index (χ1v) is 7.96. The Labute approximate surface area is 148 Å². The molecule has 126 valence electrons. The molecule has 25 heavy (non-hydrogen) atoms. The second-order valence-electron chi connectivity index (χ2n) is 5.85. The van der Waals surface area contributed by atoms with Crippen LogP contribution in [0.5, 0.6) is 0 Å². The average Bonchev–Trinajstić information content (AvgIpc) is 2.58. The molecular weight excluding hydrogens is 310 g/mol. The SMILES string of the molecule is CC(=N)N(CC1=C=C=CC(C(=N)/C=C\C(C)=O)=C1)c1ccccc1C. The first-order valence-electron chi connectivity index (χ1n) is 7.96. The van der Waals surface area contributed by atoms with Gasteiger partial charge in [0.2, 0.25) is 0 Å². The molecule has 1 aliphatic rings. The van der Waals surface area contributed by atoms with Crippen LogP contribution in [0.1, 0.15) is 19.4 Å². The Morgan fingerprint density at radius 2 is 1.92 bits per heavy atom. The first-order chi connectivity index (χ1) is 11.9. The highest BCUT2D eigenvalue weighted by Crippen LogP contribution is 2.22. The minimum absolute atomic E-state index is 0.0957. The van der Waals surface area contributed by atoms with Crippen molar-refractivity contribution in [2.24, 2.45) is 0 Å². The number of benzene rings is 1. The predicted molar refractivity (Wildman–Crippen MR) is 103 cm³/mol. The van der Waals surface area contributed by atoms with Gasteiger partial charge < -0.3 is 10.3 Å². The second-order valence-corrected chi connectivity index (χ2v) is 5.85. The standard InChI is InChI=1S/C21H21N3O/c1-15-7-4-5-10-21(15)24(17(3)22)14-18-8-6-9-19(13-18)20(23)12-11-16(2)25/h4-5,7,9-13,22-23H,14H2,1-3H3/b12-11-,22-17?,23-20?. The smallest absolute Gasteiger partial charge is 0.152 e. The van der Waals surface area contributed by atoms with Crippen LogP contribution in [-0.4, -0.2) is 23.9 Å². The fourth-order valence-corrected chi connectivity index (χ4v) is 2.43. The highest BCUT2D eigenvalue weighted by Gasteiger charge is 2.13. The minimum atomic E-state index is -0.0957. The number of nitrogens with zero attached hydrogens (tertiary/aromatic N) is 1. The number of hydrogen-bond acceptors (Lipinski definition) is 3. The largest absolute Gasteiger partial charge is 0.325 e. The van der Waals surface area contributed by atoms with E-state index in [9.17, 15) is 4.79 Å². The van der Waals surface area contributed by atoms with E-state index < -0.39 is 0 Å². The number of para-hydroxylation sites is 1.